The molecule has 0 bridgehead atoms. The number of nitrogens with zero attached hydrogens (tertiary/aromatic N) is 2. The van der Waals surface area contributed by atoms with Crippen molar-refractivity contribution in [2.75, 3.05) is 0 Å². The summed E-state index contributed by atoms with van der Waals surface area (Å²) in [6.45, 7) is 3.63. The first-order chi connectivity index (χ1) is 8.70. The van der Waals surface area contributed by atoms with Crippen molar-refractivity contribution >= 4 is 11.6 Å². The number of hydrogen-bond donors (Lipinski definition) is 1. The highest BCUT2D eigenvalue weighted by Gasteiger charge is 2.14. The molecule has 0 amide bonds. The van der Waals surface area contributed by atoms with Crippen molar-refractivity contribution in [3.05, 3.63) is 59.2 Å². The molecule has 1 atom stereocenters. The average Bonchev–Trinajstić information content (AvgIpc) is 2.81. The second kappa shape index (κ2) is 5.80. The highest BCUT2D eigenvalue weighted by molar-refractivity contribution is 6.31. The molecule has 0 aliphatic carbocycles. The highest BCUT2D eigenvalue weighted by atomic mass is 35.5. The Hall–Kier alpha value is -1.65. The van der Waals surface area contributed by atoms with E-state index in [0.29, 0.717) is 29.6 Å². The van der Waals surface area contributed by atoms with Crippen LogP contribution in [0.3, 0.4) is 0 Å². The molecule has 18 heavy (non-hydrogen) atoms. The van der Waals surface area contributed by atoms with Crippen molar-refractivity contribution in [1.29, 1.82) is 0 Å². The minimum Gasteiger partial charge on any atom is -0.338 e. The second-order valence-corrected chi connectivity index (χ2v) is 4.36. The summed E-state index contributed by atoms with van der Waals surface area (Å²) in [7, 11) is 0. The van der Waals surface area contributed by atoms with Gasteiger partial charge in [-0.25, -0.2) is 0 Å². The van der Waals surface area contributed by atoms with Gasteiger partial charge in [-0.2, -0.15) is 4.98 Å². The summed E-state index contributed by atoms with van der Waals surface area (Å²) in [5.41, 5.74) is 6.81. The predicted octanol–water partition coefficient (Wildman–Crippen LogP) is 2.89. The summed E-state index contributed by atoms with van der Waals surface area (Å²) in [6.07, 6.45) is 2.86. The van der Waals surface area contributed by atoms with Crippen LogP contribution in [0.5, 0.6) is 0 Å². The summed E-state index contributed by atoms with van der Waals surface area (Å²) >= 11 is 6.07. The Balaban J connectivity index is 2.11. The Labute approximate surface area is 110 Å². The fraction of sp³-hybridized carbons (Fsp3) is 0.231. The van der Waals surface area contributed by atoms with E-state index in [-0.39, 0.29) is 6.04 Å². The molecular formula is C13H14ClN3O. The largest absolute Gasteiger partial charge is 0.338 e. The molecule has 1 unspecified atom stereocenters. The van der Waals surface area contributed by atoms with Gasteiger partial charge in [0.05, 0.1) is 6.04 Å². The molecule has 94 valence electrons. The van der Waals surface area contributed by atoms with Gasteiger partial charge in [0.15, 0.2) is 5.82 Å². The van der Waals surface area contributed by atoms with Gasteiger partial charge < -0.3 is 10.3 Å². The first-order valence-electron chi connectivity index (χ1n) is 5.63. The van der Waals surface area contributed by atoms with Crippen molar-refractivity contribution in [3.8, 4) is 0 Å². The highest BCUT2D eigenvalue weighted by Crippen LogP contribution is 2.19. The summed E-state index contributed by atoms with van der Waals surface area (Å²) in [6, 6.07) is 7.28. The topological polar surface area (TPSA) is 64.9 Å². The molecule has 0 saturated heterocycles. The third-order valence-electron chi connectivity index (χ3n) is 2.53. The minimum atomic E-state index is -0.296. The third kappa shape index (κ3) is 2.97. The smallest absolute Gasteiger partial charge is 0.243 e. The Morgan fingerprint density at radius 2 is 2.22 bits per heavy atom. The maximum atomic E-state index is 6.07. The van der Waals surface area contributed by atoms with Gasteiger partial charge >= 0.3 is 0 Å². The maximum Gasteiger partial charge on any atom is 0.243 e. The monoisotopic (exact) mass is 263 g/mol. The van der Waals surface area contributed by atoms with Crippen molar-refractivity contribution in [2.24, 2.45) is 5.73 Å². The molecule has 2 N–H and O–H groups in total. The van der Waals surface area contributed by atoms with Gasteiger partial charge in [-0.05, 0) is 18.1 Å². The molecular weight excluding hydrogens is 250 g/mol. The Morgan fingerprint density at radius 1 is 1.44 bits per heavy atom. The Bertz CT molecular complexity index is 539. The SMILES string of the molecule is C=CCC(N)c1nc(Cc2ccccc2Cl)no1. The van der Waals surface area contributed by atoms with Crippen molar-refractivity contribution in [1.82, 2.24) is 10.1 Å². The average molecular weight is 264 g/mol. The van der Waals surface area contributed by atoms with E-state index in [4.69, 9.17) is 21.9 Å². The first kappa shape index (κ1) is 12.8. The van der Waals surface area contributed by atoms with E-state index >= 15 is 0 Å². The number of nitrogens with two attached hydrogens (primary N) is 1. The number of halogens is 1. The summed E-state index contributed by atoms with van der Waals surface area (Å²) in [5.74, 6) is 1.01. The second-order valence-electron chi connectivity index (χ2n) is 3.95. The number of rotatable bonds is 5. The Morgan fingerprint density at radius 3 is 2.94 bits per heavy atom. The van der Waals surface area contributed by atoms with Crippen LogP contribution in [0, 0.1) is 0 Å². The van der Waals surface area contributed by atoms with E-state index < -0.39 is 0 Å². The molecule has 0 fully saturated rings. The lowest BCUT2D eigenvalue weighted by Gasteiger charge is -2.01. The Kier molecular flexibility index (Phi) is 4.12. The maximum absolute atomic E-state index is 6.07. The summed E-state index contributed by atoms with van der Waals surface area (Å²) < 4.78 is 5.11. The molecule has 1 aromatic carbocycles. The van der Waals surface area contributed by atoms with Gasteiger partial charge in [0.1, 0.15) is 0 Å². The van der Waals surface area contributed by atoms with Crippen LogP contribution in [-0.2, 0) is 6.42 Å². The normalized spacial score (nSPS) is 12.3. The van der Waals surface area contributed by atoms with Crippen LogP contribution in [0.15, 0.2) is 41.4 Å². The van der Waals surface area contributed by atoms with E-state index in [9.17, 15) is 0 Å². The van der Waals surface area contributed by atoms with Gasteiger partial charge in [0.2, 0.25) is 5.89 Å². The molecule has 0 saturated carbocycles. The van der Waals surface area contributed by atoms with E-state index in [0.717, 1.165) is 5.56 Å². The van der Waals surface area contributed by atoms with Gasteiger partial charge in [0.25, 0.3) is 0 Å². The summed E-state index contributed by atoms with van der Waals surface area (Å²) in [5, 5.41) is 4.59. The first-order valence-corrected chi connectivity index (χ1v) is 6.01. The van der Waals surface area contributed by atoms with Crippen LogP contribution in [0.2, 0.25) is 5.02 Å². The number of benzene rings is 1. The molecule has 0 aliphatic rings. The minimum absolute atomic E-state index is 0.296. The quantitative estimate of drug-likeness (QED) is 0.843. The van der Waals surface area contributed by atoms with E-state index in [1.807, 2.05) is 24.3 Å². The summed E-state index contributed by atoms with van der Waals surface area (Å²) in [4.78, 5) is 4.26. The lowest BCUT2D eigenvalue weighted by Crippen LogP contribution is -2.09. The zero-order valence-corrected chi connectivity index (χ0v) is 10.6. The number of hydrogen-bond acceptors (Lipinski definition) is 4. The zero-order valence-electron chi connectivity index (χ0n) is 9.84. The molecule has 2 aromatic rings. The van der Waals surface area contributed by atoms with Crippen LogP contribution in [0.4, 0.5) is 0 Å². The van der Waals surface area contributed by atoms with Gasteiger partial charge in [-0.1, -0.05) is 41.0 Å². The lowest BCUT2D eigenvalue weighted by atomic mass is 10.1. The molecule has 0 spiro atoms. The van der Waals surface area contributed by atoms with Crippen LogP contribution in [0.1, 0.15) is 29.7 Å². The molecule has 1 heterocycles. The third-order valence-corrected chi connectivity index (χ3v) is 2.90. The zero-order chi connectivity index (χ0) is 13.0. The fourth-order valence-electron chi connectivity index (χ4n) is 1.58. The molecule has 2 rings (SSSR count). The molecule has 5 heteroatoms. The van der Waals surface area contributed by atoms with Crippen LogP contribution in [-0.4, -0.2) is 10.1 Å². The standard InChI is InChI=1S/C13H14ClN3O/c1-2-5-11(15)13-16-12(17-18-13)8-9-6-3-4-7-10(9)14/h2-4,6-7,11H,1,5,8,15H2. The lowest BCUT2D eigenvalue weighted by molar-refractivity contribution is 0.352. The van der Waals surface area contributed by atoms with Crippen LogP contribution >= 0.6 is 11.6 Å². The fourth-order valence-corrected chi connectivity index (χ4v) is 1.78. The molecule has 4 nitrogen and oxygen atoms in total. The van der Waals surface area contributed by atoms with E-state index in [1.165, 1.54) is 0 Å². The predicted molar refractivity (Wildman–Crippen MR) is 70.3 cm³/mol. The molecule has 0 aliphatic heterocycles. The van der Waals surface area contributed by atoms with Gasteiger partial charge in [-0.15, -0.1) is 6.58 Å². The van der Waals surface area contributed by atoms with Crippen molar-refractivity contribution in [2.45, 2.75) is 18.9 Å². The van der Waals surface area contributed by atoms with Crippen molar-refractivity contribution < 1.29 is 4.52 Å². The molecule has 0 radical (unpaired) electrons. The van der Waals surface area contributed by atoms with E-state index in [2.05, 4.69) is 16.7 Å². The van der Waals surface area contributed by atoms with E-state index in [1.54, 1.807) is 6.08 Å². The van der Waals surface area contributed by atoms with Crippen molar-refractivity contribution in [3.63, 3.8) is 0 Å². The van der Waals surface area contributed by atoms with Gasteiger partial charge in [0, 0.05) is 11.4 Å². The molecule has 1 aromatic heterocycles. The van der Waals surface area contributed by atoms with Crippen LogP contribution < -0.4 is 5.73 Å². The van der Waals surface area contributed by atoms with Crippen LogP contribution in [0.25, 0.3) is 0 Å². The number of aromatic nitrogens is 2. The van der Waals surface area contributed by atoms with Gasteiger partial charge in [-0.3, -0.25) is 0 Å².